The molecule has 0 aliphatic rings. The molecule has 0 radical (unpaired) electrons. The number of hydrogen-bond donors (Lipinski definition) is 0. The Morgan fingerprint density at radius 1 is 1.00 bits per heavy atom. The van der Waals surface area contributed by atoms with Crippen LogP contribution in [0.4, 0.5) is 0 Å². The van der Waals surface area contributed by atoms with Crippen LogP contribution < -0.4 is 0 Å². The molecule has 5 nitrogen and oxygen atoms in total. The lowest BCUT2D eigenvalue weighted by Gasteiger charge is -2.08. The number of rotatable bonds is 7. The Balaban J connectivity index is 1.55. The average molecular weight is 379 g/mol. The van der Waals surface area contributed by atoms with Crippen LogP contribution in [0.1, 0.15) is 37.0 Å². The summed E-state index contributed by atoms with van der Waals surface area (Å²) in [5.74, 6) is 2.28. The van der Waals surface area contributed by atoms with Gasteiger partial charge >= 0.3 is 0 Å². The summed E-state index contributed by atoms with van der Waals surface area (Å²) < 4.78 is 7.60. The van der Waals surface area contributed by atoms with Crippen molar-refractivity contribution in [3.63, 3.8) is 0 Å². The first-order valence-electron chi connectivity index (χ1n) is 9.15. The molecular weight excluding hydrogens is 356 g/mol. The van der Waals surface area contributed by atoms with Crippen LogP contribution in [0.5, 0.6) is 0 Å². The summed E-state index contributed by atoms with van der Waals surface area (Å²) in [4.78, 5) is 9.29. The van der Waals surface area contributed by atoms with Gasteiger partial charge in [-0.25, -0.2) is 4.98 Å². The van der Waals surface area contributed by atoms with E-state index in [9.17, 15) is 0 Å². The minimum atomic E-state index is 0.242. The van der Waals surface area contributed by atoms with E-state index < -0.39 is 0 Å². The molecule has 0 unspecified atom stereocenters. The minimum absolute atomic E-state index is 0.242. The van der Waals surface area contributed by atoms with E-state index in [1.807, 2.05) is 26.0 Å². The molecule has 2 aromatic heterocycles. The number of aryl methyl sites for hydroxylation is 2. The van der Waals surface area contributed by atoms with Crippen LogP contribution in [0.2, 0.25) is 0 Å². The summed E-state index contributed by atoms with van der Waals surface area (Å²) in [6.07, 6.45) is 0.967. The lowest BCUT2D eigenvalue weighted by molar-refractivity contribution is 0.362. The molecule has 0 saturated carbocycles. The SMILES string of the molecule is CC(C)c1nc(CSc2nc3ccccc3n2CCc2ccccc2)no1. The zero-order chi connectivity index (χ0) is 18.6. The third kappa shape index (κ3) is 4.06. The summed E-state index contributed by atoms with van der Waals surface area (Å²) in [5.41, 5.74) is 3.50. The quantitative estimate of drug-likeness (QED) is 0.420. The second kappa shape index (κ2) is 7.96. The molecular formula is C21H22N4OS. The molecule has 2 heterocycles. The van der Waals surface area contributed by atoms with Crippen molar-refractivity contribution >= 4 is 22.8 Å². The van der Waals surface area contributed by atoms with Gasteiger partial charge in [-0.3, -0.25) is 0 Å². The van der Waals surface area contributed by atoms with Crippen molar-refractivity contribution in [1.82, 2.24) is 19.7 Å². The Morgan fingerprint density at radius 2 is 1.78 bits per heavy atom. The van der Waals surface area contributed by atoms with Crippen LogP contribution in [-0.4, -0.2) is 19.7 Å². The van der Waals surface area contributed by atoms with Crippen LogP contribution in [-0.2, 0) is 18.7 Å². The van der Waals surface area contributed by atoms with Gasteiger partial charge in [0, 0.05) is 12.5 Å². The number of hydrogen-bond acceptors (Lipinski definition) is 5. The number of aromatic nitrogens is 4. The van der Waals surface area contributed by atoms with Gasteiger partial charge in [0.25, 0.3) is 0 Å². The number of fused-ring (bicyclic) bond motifs is 1. The molecule has 0 fully saturated rings. The second-order valence-electron chi connectivity index (χ2n) is 6.76. The summed E-state index contributed by atoms with van der Waals surface area (Å²) in [7, 11) is 0. The number of thioether (sulfide) groups is 1. The van der Waals surface area contributed by atoms with Crippen molar-refractivity contribution in [3.05, 3.63) is 71.9 Å². The first kappa shape index (κ1) is 17.8. The van der Waals surface area contributed by atoms with Crippen LogP contribution >= 0.6 is 11.8 Å². The van der Waals surface area contributed by atoms with Crippen LogP contribution in [0.3, 0.4) is 0 Å². The Bertz CT molecular complexity index is 1020. The van der Waals surface area contributed by atoms with E-state index in [0.29, 0.717) is 17.5 Å². The number of benzene rings is 2. The van der Waals surface area contributed by atoms with Crippen molar-refractivity contribution in [2.45, 2.75) is 43.6 Å². The third-order valence-electron chi connectivity index (χ3n) is 4.39. The van der Waals surface area contributed by atoms with Crippen molar-refractivity contribution in [2.75, 3.05) is 0 Å². The van der Waals surface area contributed by atoms with Gasteiger partial charge < -0.3 is 9.09 Å². The van der Waals surface area contributed by atoms with Crippen molar-refractivity contribution in [3.8, 4) is 0 Å². The molecule has 0 saturated heterocycles. The molecule has 0 amide bonds. The van der Waals surface area contributed by atoms with Crippen LogP contribution in [0.15, 0.2) is 64.3 Å². The normalized spacial score (nSPS) is 11.5. The maximum atomic E-state index is 5.31. The summed E-state index contributed by atoms with van der Waals surface area (Å²) in [6.45, 7) is 4.98. The first-order valence-corrected chi connectivity index (χ1v) is 10.1. The van der Waals surface area contributed by atoms with Gasteiger partial charge in [-0.15, -0.1) is 0 Å². The van der Waals surface area contributed by atoms with Gasteiger partial charge in [-0.2, -0.15) is 4.98 Å². The summed E-state index contributed by atoms with van der Waals surface area (Å²) >= 11 is 1.65. The molecule has 2 aromatic carbocycles. The van der Waals surface area contributed by atoms with Gasteiger partial charge in [0.1, 0.15) is 0 Å². The van der Waals surface area contributed by atoms with Gasteiger partial charge in [0.2, 0.25) is 5.89 Å². The summed E-state index contributed by atoms with van der Waals surface area (Å²) in [5, 5.41) is 5.07. The fraction of sp³-hybridized carbons (Fsp3) is 0.286. The van der Waals surface area contributed by atoms with Gasteiger partial charge in [0.15, 0.2) is 11.0 Å². The number of para-hydroxylation sites is 2. The Labute approximate surface area is 162 Å². The molecule has 6 heteroatoms. The van der Waals surface area contributed by atoms with Gasteiger partial charge in [0.05, 0.1) is 16.8 Å². The Hall–Kier alpha value is -2.60. The highest BCUT2D eigenvalue weighted by atomic mass is 32.2. The Morgan fingerprint density at radius 3 is 2.56 bits per heavy atom. The van der Waals surface area contributed by atoms with E-state index in [-0.39, 0.29) is 5.92 Å². The molecule has 0 N–H and O–H groups in total. The third-order valence-corrected chi connectivity index (χ3v) is 5.37. The molecule has 0 spiro atoms. The molecule has 0 bridgehead atoms. The van der Waals surface area contributed by atoms with E-state index in [4.69, 9.17) is 9.51 Å². The molecule has 4 aromatic rings. The maximum Gasteiger partial charge on any atom is 0.229 e. The molecule has 4 rings (SSSR count). The lowest BCUT2D eigenvalue weighted by atomic mass is 10.1. The molecule has 138 valence electrons. The van der Waals surface area contributed by atoms with Crippen molar-refractivity contribution in [1.29, 1.82) is 0 Å². The predicted octanol–water partition coefficient (Wildman–Crippen LogP) is 5.08. The highest BCUT2D eigenvalue weighted by Gasteiger charge is 2.14. The lowest BCUT2D eigenvalue weighted by Crippen LogP contribution is -2.03. The fourth-order valence-electron chi connectivity index (χ4n) is 2.95. The van der Waals surface area contributed by atoms with Crippen molar-refractivity contribution in [2.24, 2.45) is 0 Å². The van der Waals surface area contributed by atoms with Gasteiger partial charge in [-0.05, 0) is 24.1 Å². The van der Waals surface area contributed by atoms with Crippen LogP contribution in [0.25, 0.3) is 11.0 Å². The zero-order valence-electron chi connectivity index (χ0n) is 15.5. The smallest absolute Gasteiger partial charge is 0.229 e. The molecule has 0 aliphatic heterocycles. The minimum Gasteiger partial charge on any atom is -0.339 e. The molecule has 0 aliphatic carbocycles. The topological polar surface area (TPSA) is 56.7 Å². The van der Waals surface area contributed by atoms with E-state index >= 15 is 0 Å². The molecule has 0 atom stereocenters. The van der Waals surface area contributed by atoms with E-state index in [0.717, 1.165) is 29.2 Å². The average Bonchev–Trinajstić information content (AvgIpc) is 3.30. The predicted molar refractivity (Wildman–Crippen MR) is 108 cm³/mol. The first-order chi connectivity index (χ1) is 13.2. The maximum absolute atomic E-state index is 5.31. The molecule has 27 heavy (non-hydrogen) atoms. The van der Waals surface area contributed by atoms with E-state index in [2.05, 4.69) is 57.2 Å². The standard InChI is InChI=1S/C21H22N4OS/c1-15(2)20-23-19(24-26-20)14-27-21-22-17-10-6-7-11-18(17)25(21)13-12-16-8-4-3-5-9-16/h3-11,15H,12-14H2,1-2H3. The van der Waals surface area contributed by atoms with Crippen LogP contribution in [0, 0.1) is 0 Å². The van der Waals surface area contributed by atoms with Crippen molar-refractivity contribution < 1.29 is 4.52 Å². The Kier molecular flexibility index (Phi) is 5.25. The number of imidazole rings is 1. The zero-order valence-corrected chi connectivity index (χ0v) is 16.3. The van der Waals surface area contributed by atoms with E-state index in [1.165, 1.54) is 5.56 Å². The van der Waals surface area contributed by atoms with E-state index in [1.54, 1.807) is 11.8 Å². The van der Waals surface area contributed by atoms with Gasteiger partial charge in [-0.1, -0.05) is 73.2 Å². The monoisotopic (exact) mass is 378 g/mol. The highest BCUT2D eigenvalue weighted by Crippen LogP contribution is 2.27. The highest BCUT2D eigenvalue weighted by molar-refractivity contribution is 7.98. The summed E-state index contributed by atoms with van der Waals surface area (Å²) in [6, 6.07) is 18.8. The second-order valence-corrected chi connectivity index (χ2v) is 7.71. The largest absolute Gasteiger partial charge is 0.339 e. The fourth-order valence-corrected chi connectivity index (χ4v) is 3.84. The number of nitrogens with zero attached hydrogens (tertiary/aromatic N) is 4.